The summed E-state index contributed by atoms with van der Waals surface area (Å²) in [5, 5.41) is 3.10. The lowest BCUT2D eigenvalue weighted by molar-refractivity contribution is -0.115. The van der Waals surface area contributed by atoms with E-state index in [9.17, 15) is 13.2 Å². The minimum Gasteiger partial charge on any atom is -0.325 e. The molecule has 0 fully saturated rings. The fourth-order valence-corrected chi connectivity index (χ4v) is 2.17. The number of amides is 1. The number of carbonyl (C=O) groups is 1. The third kappa shape index (κ3) is 4.57. The van der Waals surface area contributed by atoms with Gasteiger partial charge in [0.1, 0.15) is 4.83 Å². The Morgan fingerprint density at radius 1 is 1.35 bits per heavy atom. The van der Waals surface area contributed by atoms with Crippen LogP contribution in [-0.2, 0) is 13.8 Å². The normalized spacial score (nSPS) is 13.1. The van der Waals surface area contributed by atoms with Crippen LogP contribution < -0.4 is 5.32 Å². The Morgan fingerprint density at radius 3 is 2.29 bits per heavy atom. The number of hydrogen-bond acceptors (Lipinski definition) is 3. The Labute approximate surface area is 120 Å². The third-order valence-electron chi connectivity index (χ3n) is 1.82. The first kappa shape index (κ1) is 14.9. The first-order chi connectivity index (χ1) is 7.84. The predicted molar refractivity (Wildman–Crippen MR) is 74.6 cm³/mol. The number of rotatable bonds is 4. The van der Waals surface area contributed by atoms with Crippen LogP contribution in [0.4, 0.5) is 5.69 Å². The summed E-state index contributed by atoms with van der Waals surface area (Å²) in [5.41, 5.74) is 0.504. The van der Waals surface area contributed by atoms with Gasteiger partial charge in [-0.1, -0.05) is 31.9 Å². The van der Waals surface area contributed by atoms with E-state index in [1.165, 1.54) is 24.3 Å². The summed E-state index contributed by atoms with van der Waals surface area (Å²) in [6, 6.07) is 5.60. The van der Waals surface area contributed by atoms with Gasteiger partial charge in [0.2, 0.25) is 5.91 Å². The van der Waals surface area contributed by atoms with Crippen LogP contribution in [0.15, 0.2) is 29.2 Å². The maximum absolute atomic E-state index is 11.5. The molecule has 1 aromatic rings. The van der Waals surface area contributed by atoms with Crippen molar-refractivity contribution in [2.45, 2.75) is 9.72 Å². The highest BCUT2D eigenvalue weighted by Crippen LogP contribution is 2.18. The van der Waals surface area contributed by atoms with E-state index in [0.717, 1.165) is 0 Å². The SMILES string of the molecule is O=C(Nc1ccc(S(=O)(=O)Cl)cc1)C(Br)CBr. The summed E-state index contributed by atoms with van der Waals surface area (Å²) in [7, 11) is 1.43. The van der Waals surface area contributed by atoms with Gasteiger partial charge in [-0.05, 0) is 24.3 Å². The summed E-state index contributed by atoms with van der Waals surface area (Å²) in [5.74, 6) is -0.219. The van der Waals surface area contributed by atoms with E-state index >= 15 is 0 Å². The number of halogens is 3. The second kappa shape index (κ2) is 6.17. The molecule has 0 aliphatic rings. The van der Waals surface area contributed by atoms with Crippen molar-refractivity contribution in [3.63, 3.8) is 0 Å². The average Bonchev–Trinajstić information content (AvgIpc) is 2.27. The van der Waals surface area contributed by atoms with Crippen molar-refractivity contribution in [2.75, 3.05) is 10.6 Å². The zero-order valence-corrected chi connectivity index (χ0v) is 13.1. The Bertz CT molecular complexity index is 503. The molecule has 8 heteroatoms. The van der Waals surface area contributed by atoms with Crippen molar-refractivity contribution in [3.8, 4) is 0 Å². The maximum Gasteiger partial charge on any atom is 0.261 e. The topological polar surface area (TPSA) is 63.2 Å². The lowest BCUT2D eigenvalue weighted by Crippen LogP contribution is -2.23. The van der Waals surface area contributed by atoms with Crippen LogP contribution >= 0.6 is 42.5 Å². The van der Waals surface area contributed by atoms with Crippen molar-refractivity contribution in [1.82, 2.24) is 0 Å². The second-order valence-corrected chi connectivity index (χ2v) is 7.39. The zero-order valence-electron chi connectivity index (χ0n) is 8.36. The Kier molecular flexibility index (Phi) is 5.43. The van der Waals surface area contributed by atoms with Crippen LogP contribution in [0.2, 0.25) is 0 Å². The molecule has 94 valence electrons. The number of carbonyl (C=O) groups excluding carboxylic acids is 1. The summed E-state index contributed by atoms with van der Waals surface area (Å²) in [6.45, 7) is 0. The zero-order chi connectivity index (χ0) is 13.1. The number of anilines is 1. The molecule has 0 aromatic heterocycles. The van der Waals surface area contributed by atoms with E-state index in [2.05, 4.69) is 37.2 Å². The fraction of sp³-hybridized carbons (Fsp3) is 0.222. The molecule has 0 saturated heterocycles. The van der Waals surface area contributed by atoms with Gasteiger partial charge in [0.05, 0.1) is 4.90 Å². The Balaban J connectivity index is 2.79. The lowest BCUT2D eigenvalue weighted by atomic mass is 10.3. The predicted octanol–water partition coefficient (Wildman–Crippen LogP) is 2.71. The van der Waals surface area contributed by atoms with E-state index in [1.807, 2.05) is 0 Å². The first-order valence-corrected chi connectivity index (χ1v) is 8.75. The highest BCUT2D eigenvalue weighted by Gasteiger charge is 2.14. The van der Waals surface area contributed by atoms with E-state index in [1.54, 1.807) is 0 Å². The maximum atomic E-state index is 11.5. The Morgan fingerprint density at radius 2 is 1.88 bits per heavy atom. The van der Waals surface area contributed by atoms with Crippen LogP contribution in [0, 0.1) is 0 Å². The van der Waals surface area contributed by atoms with Crippen LogP contribution in [0.25, 0.3) is 0 Å². The molecule has 1 unspecified atom stereocenters. The molecule has 0 heterocycles. The van der Waals surface area contributed by atoms with Gasteiger partial charge in [0.15, 0.2) is 0 Å². The number of nitrogens with one attached hydrogen (secondary N) is 1. The molecule has 1 aromatic carbocycles. The number of alkyl halides is 2. The molecular weight excluding hydrogens is 397 g/mol. The van der Waals surface area contributed by atoms with Gasteiger partial charge in [-0.3, -0.25) is 4.79 Å². The highest BCUT2D eigenvalue weighted by atomic mass is 79.9. The fourth-order valence-electron chi connectivity index (χ4n) is 0.991. The summed E-state index contributed by atoms with van der Waals surface area (Å²) >= 11 is 6.33. The molecule has 0 aliphatic heterocycles. The molecule has 0 bridgehead atoms. The van der Waals surface area contributed by atoms with Crippen LogP contribution in [0.3, 0.4) is 0 Å². The molecule has 17 heavy (non-hydrogen) atoms. The minimum absolute atomic E-state index is 0.00644. The van der Waals surface area contributed by atoms with Gasteiger partial charge in [-0.25, -0.2) is 8.42 Å². The Hall–Kier alpha value is -0.110. The standard InChI is InChI=1S/C9H8Br2ClNO3S/c10-5-8(11)9(14)13-6-1-3-7(4-2-6)17(12,15)16/h1-4,8H,5H2,(H,13,14). The van der Waals surface area contributed by atoms with E-state index in [-0.39, 0.29) is 15.6 Å². The van der Waals surface area contributed by atoms with Gasteiger partial charge >= 0.3 is 0 Å². The van der Waals surface area contributed by atoms with Gasteiger partial charge in [0, 0.05) is 21.7 Å². The molecule has 0 radical (unpaired) electrons. The van der Waals surface area contributed by atoms with Crippen molar-refractivity contribution in [1.29, 1.82) is 0 Å². The molecule has 0 saturated carbocycles. The van der Waals surface area contributed by atoms with Crippen LogP contribution in [-0.4, -0.2) is 24.5 Å². The largest absolute Gasteiger partial charge is 0.325 e. The highest BCUT2D eigenvalue weighted by molar-refractivity contribution is 9.12. The van der Waals surface area contributed by atoms with Crippen molar-refractivity contribution >= 4 is 63.2 Å². The van der Waals surface area contributed by atoms with Gasteiger partial charge in [0.25, 0.3) is 9.05 Å². The smallest absolute Gasteiger partial charge is 0.261 e. The van der Waals surface area contributed by atoms with E-state index < -0.39 is 9.05 Å². The van der Waals surface area contributed by atoms with Crippen LogP contribution in [0.5, 0.6) is 0 Å². The van der Waals surface area contributed by atoms with Gasteiger partial charge in [-0.15, -0.1) is 0 Å². The summed E-state index contributed by atoms with van der Waals surface area (Å²) < 4.78 is 22.0. The van der Waals surface area contributed by atoms with E-state index in [4.69, 9.17) is 10.7 Å². The van der Waals surface area contributed by atoms with Gasteiger partial charge < -0.3 is 5.32 Å². The monoisotopic (exact) mass is 403 g/mol. The third-order valence-corrected chi connectivity index (χ3v) is 5.45. The minimum atomic E-state index is -3.73. The van der Waals surface area contributed by atoms with Crippen molar-refractivity contribution in [2.24, 2.45) is 0 Å². The van der Waals surface area contributed by atoms with Crippen LogP contribution in [0.1, 0.15) is 0 Å². The second-order valence-electron chi connectivity index (χ2n) is 3.07. The number of benzene rings is 1. The number of hydrogen-bond donors (Lipinski definition) is 1. The molecule has 1 N–H and O–H groups in total. The molecule has 1 amide bonds. The van der Waals surface area contributed by atoms with Crippen molar-refractivity contribution in [3.05, 3.63) is 24.3 Å². The summed E-state index contributed by atoms with van der Waals surface area (Å²) in [4.78, 5) is 11.1. The van der Waals surface area contributed by atoms with Crippen molar-refractivity contribution < 1.29 is 13.2 Å². The molecule has 4 nitrogen and oxygen atoms in total. The molecule has 0 aliphatic carbocycles. The first-order valence-electron chi connectivity index (χ1n) is 4.40. The molecular formula is C9H8Br2ClNO3S. The summed E-state index contributed by atoms with van der Waals surface area (Å²) in [6.07, 6.45) is 0. The van der Waals surface area contributed by atoms with E-state index in [0.29, 0.717) is 11.0 Å². The quantitative estimate of drug-likeness (QED) is 0.619. The molecule has 1 rings (SSSR count). The average molecular weight is 405 g/mol. The molecule has 1 atom stereocenters. The van der Waals surface area contributed by atoms with Gasteiger partial charge in [-0.2, -0.15) is 0 Å². The molecule has 0 spiro atoms. The lowest BCUT2D eigenvalue weighted by Gasteiger charge is -2.08.